The predicted octanol–water partition coefficient (Wildman–Crippen LogP) is 4.21. The molecule has 2 aromatic carbocycles. The highest BCUT2D eigenvalue weighted by atomic mass is 19.4. The fourth-order valence-electron chi connectivity index (χ4n) is 3.24. The second kappa shape index (κ2) is 9.32. The van der Waals surface area contributed by atoms with E-state index in [0.29, 0.717) is 12.0 Å². The van der Waals surface area contributed by atoms with Crippen LogP contribution in [0.5, 0.6) is 0 Å². The third-order valence-corrected chi connectivity index (χ3v) is 5.16. The number of rotatable bonds is 8. The van der Waals surface area contributed by atoms with Gasteiger partial charge in [-0.05, 0) is 42.0 Å². The molecule has 0 aromatic heterocycles. The summed E-state index contributed by atoms with van der Waals surface area (Å²) in [5.41, 5.74) is 0.854. The highest BCUT2D eigenvalue weighted by molar-refractivity contribution is 5.88. The summed E-state index contributed by atoms with van der Waals surface area (Å²) in [6.45, 7) is 1.78. The van der Waals surface area contributed by atoms with Crippen LogP contribution in [0, 0.1) is 0 Å². The molecule has 0 bridgehead atoms. The third-order valence-electron chi connectivity index (χ3n) is 5.16. The van der Waals surface area contributed by atoms with E-state index in [1.165, 1.54) is 12.1 Å². The SMILES string of the molecule is CC(CC(=O)NC(Cc1ccccc1)C(=O)NC1CC1)c1ccc(C(F)(F)F)cc1. The number of alkyl halides is 3. The first-order valence-corrected chi connectivity index (χ1v) is 10.0. The minimum Gasteiger partial charge on any atom is -0.352 e. The summed E-state index contributed by atoms with van der Waals surface area (Å²) >= 11 is 0. The third kappa shape index (κ3) is 6.34. The minimum absolute atomic E-state index is 0.0767. The highest BCUT2D eigenvalue weighted by Gasteiger charge is 2.31. The number of benzene rings is 2. The molecule has 4 nitrogen and oxygen atoms in total. The first kappa shape index (κ1) is 21.9. The zero-order chi connectivity index (χ0) is 21.7. The maximum absolute atomic E-state index is 12.7. The van der Waals surface area contributed by atoms with Crippen LogP contribution in [0.15, 0.2) is 54.6 Å². The molecule has 2 N–H and O–H groups in total. The van der Waals surface area contributed by atoms with Crippen molar-refractivity contribution in [2.75, 3.05) is 0 Å². The van der Waals surface area contributed by atoms with Crippen LogP contribution >= 0.6 is 0 Å². The summed E-state index contributed by atoms with van der Waals surface area (Å²) in [5.74, 6) is -0.803. The molecule has 160 valence electrons. The molecule has 2 amide bonds. The molecule has 0 radical (unpaired) electrons. The van der Waals surface area contributed by atoms with Gasteiger partial charge in [0, 0.05) is 18.9 Å². The van der Waals surface area contributed by atoms with Gasteiger partial charge in [0.25, 0.3) is 0 Å². The van der Waals surface area contributed by atoms with Crippen molar-refractivity contribution < 1.29 is 22.8 Å². The Morgan fingerprint density at radius 2 is 1.67 bits per heavy atom. The lowest BCUT2D eigenvalue weighted by atomic mass is 9.96. The molecule has 1 saturated carbocycles. The Kier molecular flexibility index (Phi) is 6.80. The molecule has 7 heteroatoms. The number of nitrogens with one attached hydrogen (secondary N) is 2. The van der Waals surface area contributed by atoms with E-state index in [1.807, 2.05) is 30.3 Å². The van der Waals surface area contributed by atoms with Crippen molar-refractivity contribution in [2.24, 2.45) is 0 Å². The van der Waals surface area contributed by atoms with Gasteiger partial charge < -0.3 is 10.6 Å². The van der Waals surface area contributed by atoms with Crippen LogP contribution < -0.4 is 10.6 Å². The second-order valence-corrected chi connectivity index (χ2v) is 7.82. The van der Waals surface area contributed by atoms with E-state index in [9.17, 15) is 22.8 Å². The van der Waals surface area contributed by atoms with Crippen LogP contribution in [0.2, 0.25) is 0 Å². The summed E-state index contributed by atoms with van der Waals surface area (Å²) in [4.78, 5) is 25.2. The Morgan fingerprint density at radius 3 is 2.23 bits per heavy atom. The molecular weight excluding hydrogens is 393 g/mol. The van der Waals surface area contributed by atoms with E-state index in [-0.39, 0.29) is 30.2 Å². The molecule has 2 aromatic rings. The van der Waals surface area contributed by atoms with Crippen molar-refractivity contribution in [3.8, 4) is 0 Å². The lowest BCUT2D eigenvalue weighted by Crippen LogP contribution is -2.48. The predicted molar refractivity (Wildman–Crippen MR) is 108 cm³/mol. The first-order valence-electron chi connectivity index (χ1n) is 10.0. The van der Waals surface area contributed by atoms with Crippen LogP contribution in [0.1, 0.15) is 48.8 Å². The van der Waals surface area contributed by atoms with Crippen LogP contribution in [0.4, 0.5) is 13.2 Å². The van der Waals surface area contributed by atoms with Crippen molar-refractivity contribution in [3.05, 3.63) is 71.3 Å². The Morgan fingerprint density at radius 1 is 1.03 bits per heavy atom. The molecule has 0 saturated heterocycles. The van der Waals surface area contributed by atoms with Crippen molar-refractivity contribution in [3.63, 3.8) is 0 Å². The van der Waals surface area contributed by atoms with Gasteiger partial charge in [0.1, 0.15) is 6.04 Å². The normalized spacial score (nSPS) is 15.9. The quantitative estimate of drug-likeness (QED) is 0.675. The van der Waals surface area contributed by atoms with E-state index in [1.54, 1.807) is 6.92 Å². The smallest absolute Gasteiger partial charge is 0.352 e. The van der Waals surface area contributed by atoms with Crippen LogP contribution in [0.25, 0.3) is 0 Å². The number of halogens is 3. The number of amides is 2. The largest absolute Gasteiger partial charge is 0.416 e. The van der Waals surface area contributed by atoms with E-state index in [0.717, 1.165) is 30.5 Å². The monoisotopic (exact) mass is 418 g/mol. The number of carbonyl (C=O) groups is 2. The minimum atomic E-state index is -4.39. The lowest BCUT2D eigenvalue weighted by Gasteiger charge is -2.20. The number of carbonyl (C=O) groups excluding carboxylic acids is 2. The molecule has 3 rings (SSSR count). The van der Waals surface area contributed by atoms with Gasteiger partial charge in [-0.15, -0.1) is 0 Å². The van der Waals surface area contributed by atoms with Crippen LogP contribution in [-0.4, -0.2) is 23.9 Å². The van der Waals surface area contributed by atoms with Crippen molar-refractivity contribution >= 4 is 11.8 Å². The Balaban J connectivity index is 1.61. The summed E-state index contributed by atoms with van der Waals surface area (Å²) in [6.07, 6.45) is -2.04. The number of hydrogen-bond donors (Lipinski definition) is 2. The summed E-state index contributed by atoms with van der Waals surface area (Å²) in [7, 11) is 0. The molecule has 2 atom stereocenters. The molecule has 1 aliphatic carbocycles. The standard InChI is InChI=1S/C23H25F3N2O2/c1-15(17-7-9-18(10-8-17)23(24,25)26)13-21(29)28-20(22(30)27-19-11-12-19)14-16-5-3-2-4-6-16/h2-10,15,19-20H,11-14H2,1H3,(H,27,30)(H,28,29). The van der Waals surface area contributed by atoms with Gasteiger partial charge in [-0.25, -0.2) is 0 Å². The van der Waals surface area contributed by atoms with E-state index < -0.39 is 17.8 Å². The zero-order valence-electron chi connectivity index (χ0n) is 16.7. The van der Waals surface area contributed by atoms with Gasteiger partial charge in [0.15, 0.2) is 0 Å². The fraction of sp³-hybridized carbons (Fsp3) is 0.391. The fourth-order valence-corrected chi connectivity index (χ4v) is 3.24. The summed E-state index contributed by atoms with van der Waals surface area (Å²) < 4.78 is 38.2. The van der Waals surface area contributed by atoms with Crippen molar-refractivity contribution in [1.82, 2.24) is 10.6 Å². The average molecular weight is 418 g/mol. The topological polar surface area (TPSA) is 58.2 Å². The molecule has 0 aliphatic heterocycles. The Labute approximate surface area is 173 Å². The van der Waals surface area contributed by atoms with Crippen molar-refractivity contribution in [2.45, 2.75) is 56.8 Å². The molecule has 30 heavy (non-hydrogen) atoms. The Bertz CT molecular complexity index is 862. The summed E-state index contributed by atoms with van der Waals surface area (Å²) in [5, 5.41) is 5.73. The van der Waals surface area contributed by atoms with Crippen LogP contribution in [-0.2, 0) is 22.2 Å². The zero-order valence-corrected chi connectivity index (χ0v) is 16.7. The maximum atomic E-state index is 12.7. The second-order valence-electron chi connectivity index (χ2n) is 7.82. The molecule has 1 aliphatic rings. The van der Waals surface area contributed by atoms with Crippen molar-refractivity contribution in [1.29, 1.82) is 0 Å². The van der Waals surface area contributed by atoms with Gasteiger partial charge in [0.05, 0.1) is 5.56 Å². The van der Waals surface area contributed by atoms with E-state index >= 15 is 0 Å². The molecule has 1 fully saturated rings. The van der Waals surface area contributed by atoms with Gasteiger partial charge in [-0.3, -0.25) is 9.59 Å². The molecular formula is C23H25F3N2O2. The van der Waals surface area contributed by atoms with Gasteiger partial charge in [-0.1, -0.05) is 49.4 Å². The van der Waals surface area contributed by atoms with E-state index in [2.05, 4.69) is 10.6 Å². The first-order chi connectivity index (χ1) is 14.2. The van der Waals surface area contributed by atoms with E-state index in [4.69, 9.17) is 0 Å². The van der Waals surface area contributed by atoms with Crippen LogP contribution in [0.3, 0.4) is 0 Å². The van der Waals surface area contributed by atoms with Gasteiger partial charge >= 0.3 is 6.18 Å². The summed E-state index contributed by atoms with van der Waals surface area (Å²) in [6, 6.07) is 13.7. The number of hydrogen-bond acceptors (Lipinski definition) is 2. The van der Waals surface area contributed by atoms with Gasteiger partial charge in [0.2, 0.25) is 11.8 Å². The highest BCUT2D eigenvalue weighted by Crippen LogP contribution is 2.30. The average Bonchev–Trinajstić information content (AvgIpc) is 3.51. The Hall–Kier alpha value is -2.83. The van der Waals surface area contributed by atoms with Gasteiger partial charge in [-0.2, -0.15) is 13.2 Å². The lowest BCUT2D eigenvalue weighted by molar-refractivity contribution is -0.137. The maximum Gasteiger partial charge on any atom is 0.416 e. The molecule has 0 heterocycles. The molecule has 0 spiro atoms. The molecule has 2 unspecified atom stereocenters.